The minimum absolute atomic E-state index is 0.184. The summed E-state index contributed by atoms with van der Waals surface area (Å²) < 4.78 is 6.16. The average Bonchev–Trinajstić information content (AvgIpc) is 3.24. The van der Waals surface area contributed by atoms with Crippen LogP contribution in [0.4, 0.5) is 0 Å². The molecule has 2 saturated heterocycles. The number of aliphatic hydroxyl groups excluding tert-OH is 1. The van der Waals surface area contributed by atoms with Crippen molar-refractivity contribution in [3.05, 3.63) is 40.8 Å². The fourth-order valence-electron chi connectivity index (χ4n) is 4.58. The molecule has 1 aromatic carbocycles. The lowest BCUT2D eigenvalue weighted by Gasteiger charge is -2.39. The van der Waals surface area contributed by atoms with Crippen molar-refractivity contribution in [2.45, 2.75) is 50.8 Å². The van der Waals surface area contributed by atoms with Crippen LogP contribution in [0.5, 0.6) is 5.75 Å². The summed E-state index contributed by atoms with van der Waals surface area (Å²) in [7, 11) is 0. The number of carbonyl (C=O) groups excluding carboxylic acids is 3. The fraction of sp³-hybridized carbons (Fsp3) is 0.476. The summed E-state index contributed by atoms with van der Waals surface area (Å²) in [5.41, 5.74) is 2.57. The highest BCUT2D eigenvalue weighted by Gasteiger charge is 2.39. The first-order valence-corrected chi connectivity index (χ1v) is 10.1. The number of hydrogen-bond donors (Lipinski definition) is 2. The van der Waals surface area contributed by atoms with Gasteiger partial charge < -0.3 is 19.6 Å². The molecule has 152 valence electrons. The Morgan fingerprint density at radius 3 is 2.69 bits per heavy atom. The number of imide groups is 1. The van der Waals surface area contributed by atoms with Crippen LogP contribution in [0.2, 0.25) is 0 Å². The standard InChI is InChI=1S/C21H23N3O5/c25-13-10-23(11-13)16-2-1-3-18(16)29-14-4-5-15-12(8-14)9-24(21(15)28)17-6-7-19(26)22-20(17)27/h4-5,8,13,17,25H,1-3,6-7,9-11H2,(H,22,26,27). The Balaban J connectivity index is 1.33. The van der Waals surface area contributed by atoms with E-state index in [2.05, 4.69) is 10.2 Å². The van der Waals surface area contributed by atoms with E-state index in [1.165, 1.54) is 4.90 Å². The number of hydrogen-bond acceptors (Lipinski definition) is 6. The summed E-state index contributed by atoms with van der Waals surface area (Å²) in [6.07, 6.45) is 3.19. The number of β-amino-alcohol motifs (C(OH)–C–C–N with tert-alkyl or cyclic N) is 1. The van der Waals surface area contributed by atoms with Crippen molar-refractivity contribution >= 4 is 17.7 Å². The van der Waals surface area contributed by atoms with Gasteiger partial charge in [0.2, 0.25) is 11.8 Å². The Morgan fingerprint density at radius 2 is 1.93 bits per heavy atom. The Hall–Kier alpha value is -2.87. The summed E-state index contributed by atoms with van der Waals surface area (Å²) in [6, 6.07) is 4.80. The largest absolute Gasteiger partial charge is 0.460 e. The molecule has 0 radical (unpaired) electrons. The summed E-state index contributed by atoms with van der Waals surface area (Å²) in [4.78, 5) is 40.0. The predicted molar refractivity (Wildman–Crippen MR) is 102 cm³/mol. The number of nitrogens with zero attached hydrogens (tertiary/aromatic N) is 2. The first kappa shape index (κ1) is 18.2. The zero-order valence-corrected chi connectivity index (χ0v) is 16.0. The van der Waals surface area contributed by atoms with Gasteiger partial charge in [-0.2, -0.15) is 0 Å². The zero-order valence-electron chi connectivity index (χ0n) is 16.0. The molecular weight excluding hydrogens is 374 g/mol. The van der Waals surface area contributed by atoms with Gasteiger partial charge in [-0.25, -0.2) is 0 Å². The van der Waals surface area contributed by atoms with Gasteiger partial charge in [-0.3, -0.25) is 19.7 Å². The van der Waals surface area contributed by atoms with E-state index in [0.29, 0.717) is 37.4 Å². The van der Waals surface area contributed by atoms with Crippen LogP contribution in [0.1, 0.15) is 48.0 Å². The van der Waals surface area contributed by atoms with Crippen LogP contribution in [0.3, 0.4) is 0 Å². The van der Waals surface area contributed by atoms with Crippen LogP contribution < -0.4 is 10.1 Å². The van der Waals surface area contributed by atoms with Gasteiger partial charge in [0, 0.05) is 38.0 Å². The Bertz CT molecular complexity index is 934. The van der Waals surface area contributed by atoms with Crippen molar-refractivity contribution in [3.63, 3.8) is 0 Å². The molecule has 2 N–H and O–H groups in total. The molecule has 4 aliphatic rings. The fourth-order valence-corrected chi connectivity index (χ4v) is 4.58. The van der Waals surface area contributed by atoms with Gasteiger partial charge in [0.1, 0.15) is 17.6 Å². The highest BCUT2D eigenvalue weighted by Crippen LogP contribution is 2.35. The molecule has 1 aliphatic carbocycles. The van der Waals surface area contributed by atoms with Crippen LogP contribution >= 0.6 is 0 Å². The summed E-state index contributed by atoms with van der Waals surface area (Å²) in [5, 5.41) is 11.9. The molecule has 5 rings (SSSR count). The van der Waals surface area contributed by atoms with Gasteiger partial charge in [0.05, 0.1) is 11.8 Å². The first-order chi connectivity index (χ1) is 14.0. The number of ether oxygens (including phenoxy) is 1. The molecule has 1 atom stereocenters. The summed E-state index contributed by atoms with van der Waals surface area (Å²) in [6.45, 7) is 1.64. The quantitative estimate of drug-likeness (QED) is 0.733. The summed E-state index contributed by atoms with van der Waals surface area (Å²) in [5.74, 6) is 0.731. The van der Waals surface area contributed by atoms with Gasteiger partial charge in [0.15, 0.2) is 0 Å². The van der Waals surface area contributed by atoms with Gasteiger partial charge in [0.25, 0.3) is 5.91 Å². The third-order valence-electron chi connectivity index (χ3n) is 6.12. The van der Waals surface area contributed by atoms with Crippen LogP contribution in [0, 0.1) is 0 Å². The lowest BCUT2D eigenvalue weighted by molar-refractivity contribution is -0.136. The van der Waals surface area contributed by atoms with E-state index >= 15 is 0 Å². The Morgan fingerprint density at radius 1 is 1.10 bits per heavy atom. The summed E-state index contributed by atoms with van der Waals surface area (Å²) >= 11 is 0. The third kappa shape index (κ3) is 3.17. The molecule has 3 amide bonds. The van der Waals surface area contributed by atoms with E-state index in [1.807, 2.05) is 6.07 Å². The maximum absolute atomic E-state index is 12.8. The van der Waals surface area contributed by atoms with Crippen LogP contribution in [0.15, 0.2) is 29.7 Å². The molecule has 8 nitrogen and oxygen atoms in total. The van der Waals surface area contributed by atoms with E-state index in [9.17, 15) is 19.5 Å². The lowest BCUT2D eigenvalue weighted by Crippen LogP contribution is -2.52. The van der Waals surface area contributed by atoms with Gasteiger partial charge in [-0.1, -0.05) is 0 Å². The van der Waals surface area contributed by atoms with Crippen LogP contribution in [-0.4, -0.2) is 57.9 Å². The molecule has 1 aromatic rings. The number of rotatable bonds is 4. The van der Waals surface area contributed by atoms with Gasteiger partial charge in [-0.05, 0) is 43.0 Å². The topological polar surface area (TPSA) is 99.2 Å². The first-order valence-electron chi connectivity index (χ1n) is 10.1. The molecule has 29 heavy (non-hydrogen) atoms. The molecule has 0 bridgehead atoms. The lowest BCUT2D eigenvalue weighted by atomic mass is 10.0. The van der Waals surface area contributed by atoms with E-state index in [4.69, 9.17) is 4.74 Å². The number of carbonyl (C=O) groups is 3. The highest BCUT2D eigenvalue weighted by atomic mass is 16.5. The minimum Gasteiger partial charge on any atom is -0.460 e. The monoisotopic (exact) mass is 397 g/mol. The van der Waals surface area contributed by atoms with Gasteiger partial charge >= 0.3 is 0 Å². The normalized spacial score (nSPS) is 24.7. The number of aliphatic hydroxyl groups is 1. The van der Waals surface area contributed by atoms with Crippen molar-refractivity contribution in [1.29, 1.82) is 0 Å². The number of benzene rings is 1. The van der Waals surface area contributed by atoms with Crippen molar-refractivity contribution in [1.82, 2.24) is 15.1 Å². The van der Waals surface area contributed by atoms with Crippen molar-refractivity contribution in [2.75, 3.05) is 13.1 Å². The number of likely N-dealkylation sites (tertiary alicyclic amines) is 1. The second-order valence-corrected chi connectivity index (χ2v) is 8.10. The van der Waals surface area contributed by atoms with E-state index in [1.54, 1.807) is 12.1 Å². The van der Waals surface area contributed by atoms with Crippen molar-refractivity contribution in [2.24, 2.45) is 0 Å². The average molecular weight is 397 g/mol. The SMILES string of the molecule is O=C1CCC(N2Cc3cc(OC4=C(N5CC(O)C5)CCC4)ccc3C2=O)C(=O)N1. The van der Waals surface area contributed by atoms with E-state index in [-0.39, 0.29) is 24.3 Å². The molecule has 2 fully saturated rings. The number of amides is 3. The Kier molecular flexibility index (Phi) is 4.31. The predicted octanol–water partition coefficient (Wildman–Crippen LogP) is 0.898. The molecule has 8 heteroatoms. The molecule has 1 unspecified atom stereocenters. The molecule has 3 heterocycles. The van der Waals surface area contributed by atoms with Gasteiger partial charge in [-0.15, -0.1) is 0 Å². The maximum atomic E-state index is 12.8. The molecule has 0 spiro atoms. The third-order valence-corrected chi connectivity index (χ3v) is 6.12. The van der Waals surface area contributed by atoms with E-state index in [0.717, 1.165) is 36.3 Å². The smallest absolute Gasteiger partial charge is 0.255 e. The second-order valence-electron chi connectivity index (χ2n) is 8.10. The maximum Gasteiger partial charge on any atom is 0.255 e. The van der Waals surface area contributed by atoms with Crippen LogP contribution in [0.25, 0.3) is 0 Å². The molecular formula is C21H23N3O5. The van der Waals surface area contributed by atoms with Crippen molar-refractivity contribution < 1.29 is 24.2 Å². The molecule has 0 saturated carbocycles. The molecule has 0 aromatic heterocycles. The molecule has 3 aliphatic heterocycles. The van der Waals surface area contributed by atoms with Crippen molar-refractivity contribution in [3.8, 4) is 5.75 Å². The number of piperidine rings is 1. The second kappa shape index (κ2) is 6.88. The Labute approximate surface area is 168 Å². The van der Waals surface area contributed by atoms with Crippen LogP contribution in [-0.2, 0) is 16.1 Å². The minimum atomic E-state index is -0.612. The zero-order chi connectivity index (χ0) is 20.1. The van der Waals surface area contributed by atoms with E-state index < -0.39 is 11.9 Å². The highest BCUT2D eigenvalue weighted by molar-refractivity contribution is 6.05. The number of allylic oxidation sites excluding steroid dienone is 2. The number of fused-ring (bicyclic) bond motifs is 1. The number of nitrogens with one attached hydrogen (secondary N) is 1.